The lowest BCUT2D eigenvalue weighted by atomic mass is 9.84. The van der Waals surface area contributed by atoms with Crippen molar-refractivity contribution in [3.05, 3.63) is 18.0 Å². The molecule has 2 aliphatic rings. The number of nitrogens with one attached hydrogen (secondary N) is 2. The van der Waals surface area contributed by atoms with Gasteiger partial charge >= 0.3 is 0 Å². The van der Waals surface area contributed by atoms with Gasteiger partial charge in [-0.05, 0) is 58.0 Å². The maximum atomic E-state index is 5.06. The van der Waals surface area contributed by atoms with Crippen LogP contribution >= 0.6 is 0 Å². The fourth-order valence-corrected chi connectivity index (χ4v) is 5.18. The second kappa shape index (κ2) is 9.90. The first-order chi connectivity index (χ1) is 14.7. The quantitative estimate of drug-likeness (QED) is 0.679. The van der Waals surface area contributed by atoms with Crippen molar-refractivity contribution in [3.63, 3.8) is 0 Å². The lowest BCUT2D eigenvalue weighted by Gasteiger charge is -2.33. The predicted octanol–water partition coefficient (Wildman–Crippen LogP) is 4.86. The summed E-state index contributed by atoms with van der Waals surface area (Å²) in [5.41, 5.74) is 2.43. The standard InChI is InChI=1S/C24H38N6/c1-4-8-17(2)28-24-27-16-21-22(29-24)20(18-9-6-5-7-10-18)15-26-23(21)30(3)19-11-13-25-14-12-19/h15-19,25H,4-14H2,1-3H3,(H,27,28,29). The Morgan fingerprint density at radius 1 is 1.10 bits per heavy atom. The van der Waals surface area contributed by atoms with E-state index in [1.807, 2.05) is 6.20 Å². The third kappa shape index (κ3) is 4.69. The maximum Gasteiger partial charge on any atom is 0.223 e. The van der Waals surface area contributed by atoms with E-state index in [2.05, 4.69) is 42.6 Å². The zero-order chi connectivity index (χ0) is 20.9. The smallest absolute Gasteiger partial charge is 0.223 e. The van der Waals surface area contributed by atoms with E-state index >= 15 is 0 Å². The molecule has 4 rings (SSSR count). The Balaban J connectivity index is 1.72. The number of pyridine rings is 1. The third-order valence-electron chi connectivity index (χ3n) is 6.96. The maximum absolute atomic E-state index is 5.06. The average molecular weight is 411 g/mol. The van der Waals surface area contributed by atoms with Crippen molar-refractivity contribution in [3.8, 4) is 0 Å². The third-order valence-corrected chi connectivity index (χ3v) is 6.96. The van der Waals surface area contributed by atoms with Gasteiger partial charge in [0.25, 0.3) is 0 Å². The van der Waals surface area contributed by atoms with Crippen molar-refractivity contribution < 1.29 is 0 Å². The van der Waals surface area contributed by atoms with Crippen LogP contribution in [0.4, 0.5) is 11.8 Å². The van der Waals surface area contributed by atoms with Crippen molar-refractivity contribution in [2.24, 2.45) is 0 Å². The monoisotopic (exact) mass is 410 g/mol. The summed E-state index contributed by atoms with van der Waals surface area (Å²) in [6, 6.07) is 0.897. The van der Waals surface area contributed by atoms with Crippen LogP contribution in [0.1, 0.15) is 83.1 Å². The first kappa shape index (κ1) is 21.3. The summed E-state index contributed by atoms with van der Waals surface area (Å²) in [5, 5.41) is 8.08. The second-order valence-corrected chi connectivity index (χ2v) is 9.25. The Hall–Kier alpha value is -1.95. The summed E-state index contributed by atoms with van der Waals surface area (Å²) in [6.07, 6.45) is 15.2. The lowest BCUT2D eigenvalue weighted by molar-refractivity contribution is 0.440. The number of fused-ring (bicyclic) bond motifs is 1. The number of aromatic nitrogens is 3. The minimum absolute atomic E-state index is 0.379. The van der Waals surface area contributed by atoms with Crippen molar-refractivity contribution in [1.29, 1.82) is 0 Å². The minimum Gasteiger partial charge on any atom is -0.356 e. The number of piperidine rings is 1. The first-order valence-electron chi connectivity index (χ1n) is 12.0. The number of nitrogens with zero attached hydrogens (tertiary/aromatic N) is 4. The van der Waals surface area contributed by atoms with Crippen LogP contribution in [0.2, 0.25) is 0 Å². The van der Waals surface area contributed by atoms with Gasteiger partial charge in [-0.1, -0.05) is 32.6 Å². The number of hydrogen-bond donors (Lipinski definition) is 2. The normalized spacial score (nSPS) is 19.7. The van der Waals surface area contributed by atoms with E-state index in [4.69, 9.17) is 15.0 Å². The lowest BCUT2D eigenvalue weighted by Crippen LogP contribution is -2.41. The van der Waals surface area contributed by atoms with Crippen molar-refractivity contribution in [1.82, 2.24) is 20.3 Å². The molecule has 30 heavy (non-hydrogen) atoms. The van der Waals surface area contributed by atoms with Gasteiger partial charge in [0.1, 0.15) is 5.82 Å². The summed E-state index contributed by atoms with van der Waals surface area (Å²) in [5.74, 6) is 2.36. The largest absolute Gasteiger partial charge is 0.356 e. The van der Waals surface area contributed by atoms with Crippen molar-refractivity contribution in [2.45, 2.75) is 89.6 Å². The highest BCUT2D eigenvalue weighted by Gasteiger charge is 2.25. The molecule has 2 N–H and O–H groups in total. The van der Waals surface area contributed by atoms with E-state index in [0.717, 1.165) is 61.4 Å². The number of anilines is 2. The summed E-state index contributed by atoms with van der Waals surface area (Å²) in [7, 11) is 2.19. The van der Waals surface area contributed by atoms with Gasteiger partial charge in [0, 0.05) is 37.1 Å². The van der Waals surface area contributed by atoms with Crippen LogP contribution in [-0.2, 0) is 0 Å². The molecule has 2 fully saturated rings. The van der Waals surface area contributed by atoms with Gasteiger partial charge < -0.3 is 15.5 Å². The van der Waals surface area contributed by atoms with Crippen molar-refractivity contribution in [2.75, 3.05) is 30.4 Å². The van der Waals surface area contributed by atoms with Crippen LogP contribution in [-0.4, -0.2) is 47.2 Å². The van der Waals surface area contributed by atoms with Crippen molar-refractivity contribution >= 4 is 22.7 Å². The van der Waals surface area contributed by atoms with Crippen LogP contribution in [0.5, 0.6) is 0 Å². The molecule has 0 aromatic carbocycles. The van der Waals surface area contributed by atoms with Gasteiger partial charge in [-0.2, -0.15) is 0 Å². The molecule has 1 aliphatic carbocycles. The topological polar surface area (TPSA) is 66.0 Å². The van der Waals surface area contributed by atoms with E-state index in [9.17, 15) is 0 Å². The van der Waals surface area contributed by atoms with Gasteiger partial charge in [0.2, 0.25) is 5.95 Å². The van der Waals surface area contributed by atoms with Crippen LogP contribution < -0.4 is 15.5 Å². The Labute approximate surface area is 181 Å². The molecule has 2 aromatic heterocycles. The van der Waals surface area contributed by atoms with Crippen LogP contribution in [0, 0.1) is 0 Å². The Morgan fingerprint density at radius 2 is 1.87 bits per heavy atom. The molecule has 2 aromatic rings. The molecule has 3 heterocycles. The number of rotatable bonds is 7. The molecule has 0 amide bonds. The second-order valence-electron chi connectivity index (χ2n) is 9.25. The molecule has 1 saturated heterocycles. The van der Waals surface area contributed by atoms with Gasteiger partial charge in [-0.15, -0.1) is 0 Å². The highest BCUT2D eigenvalue weighted by atomic mass is 15.2. The van der Waals surface area contributed by atoms with E-state index < -0.39 is 0 Å². The summed E-state index contributed by atoms with van der Waals surface area (Å²) in [4.78, 5) is 17.1. The van der Waals surface area contributed by atoms with E-state index in [0.29, 0.717) is 18.0 Å². The Kier molecular flexibility index (Phi) is 7.03. The molecule has 0 radical (unpaired) electrons. The zero-order valence-corrected chi connectivity index (χ0v) is 19.0. The van der Waals surface area contributed by atoms with Crippen LogP contribution in [0.3, 0.4) is 0 Å². The van der Waals surface area contributed by atoms with E-state index in [1.54, 1.807) is 0 Å². The Bertz CT molecular complexity index is 826. The molecule has 1 unspecified atom stereocenters. The highest BCUT2D eigenvalue weighted by molar-refractivity contribution is 5.92. The Morgan fingerprint density at radius 3 is 2.60 bits per heavy atom. The predicted molar refractivity (Wildman–Crippen MR) is 125 cm³/mol. The summed E-state index contributed by atoms with van der Waals surface area (Å²) >= 11 is 0. The van der Waals surface area contributed by atoms with Gasteiger partial charge in [-0.25, -0.2) is 15.0 Å². The number of hydrogen-bond acceptors (Lipinski definition) is 6. The van der Waals surface area contributed by atoms with Crippen LogP contribution in [0.15, 0.2) is 12.4 Å². The van der Waals surface area contributed by atoms with Crippen LogP contribution in [0.25, 0.3) is 10.9 Å². The molecule has 1 saturated carbocycles. The minimum atomic E-state index is 0.379. The van der Waals surface area contributed by atoms with E-state index in [1.165, 1.54) is 37.7 Å². The molecule has 6 heteroatoms. The highest BCUT2D eigenvalue weighted by Crippen LogP contribution is 2.38. The molecular formula is C24H38N6. The fraction of sp³-hybridized carbons (Fsp3) is 0.708. The summed E-state index contributed by atoms with van der Waals surface area (Å²) < 4.78 is 0. The van der Waals surface area contributed by atoms with Gasteiger partial charge in [0.15, 0.2) is 0 Å². The fourth-order valence-electron chi connectivity index (χ4n) is 5.18. The molecule has 0 bridgehead atoms. The summed E-state index contributed by atoms with van der Waals surface area (Å²) in [6.45, 7) is 6.58. The molecular weight excluding hydrogens is 372 g/mol. The van der Waals surface area contributed by atoms with Gasteiger partial charge in [0.05, 0.1) is 10.9 Å². The molecule has 1 aliphatic heterocycles. The zero-order valence-electron chi connectivity index (χ0n) is 19.0. The van der Waals surface area contributed by atoms with E-state index in [-0.39, 0.29) is 0 Å². The molecule has 1 atom stereocenters. The molecule has 6 nitrogen and oxygen atoms in total. The van der Waals surface area contributed by atoms with Gasteiger partial charge in [-0.3, -0.25) is 0 Å². The molecule has 0 spiro atoms. The SMILES string of the molecule is CCCC(C)Nc1ncc2c(N(C)C3CCNCC3)ncc(C3CCCCC3)c2n1. The average Bonchev–Trinajstić information content (AvgIpc) is 2.79. The first-order valence-corrected chi connectivity index (χ1v) is 12.0. The molecule has 164 valence electrons.